The molecule has 0 saturated carbocycles. The van der Waals surface area contributed by atoms with Gasteiger partial charge in [0, 0.05) is 65.0 Å². The Balaban J connectivity index is 1.02. The molecule has 0 aliphatic carbocycles. The molecule has 11 aromatic carbocycles. The van der Waals surface area contributed by atoms with Gasteiger partial charge in [-0.3, -0.25) is 0 Å². The van der Waals surface area contributed by atoms with E-state index < -0.39 is 0 Å². The van der Waals surface area contributed by atoms with Gasteiger partial charge in [-0.15, -0.1) is 11.3 Å². The van der Waals surface area contributed by atoms with Gasteiger partial charge in [-0.2, -0.15) is 0 Å². The number of furan rings is 4. The van der Waals surface area contributed by atoms with Crippen LogP contribution < -0.4 is 0 Å². The average molecular weight is 951 g/mol. The zero-order valence-corrected chi connectivity index (χ0v) is 39.4. The summed E-state index contributed by atoms with van der Waals surface area (Å²) in [5.74, 6) is 0. The molecular formula is C66H34N2O4S. The summed E-state index contributed by atoms with van der Waals surface area (Å²) in [4.78, 5) is 13.8. The highest BCUT2D eigenvalue weighted by molar-refractivity contribution is 7.21. The van der Waals surface area contributed by atoms with Crippen molar-refractivity contribution in [2.75, 3.05) is 0 Å². The predicted octanol–water partition coefficient (Wildman–Crippen LogP) is 19.4. The molecule has 6 aromatic heterocycles. The summed E-state index contributed by atoms with van der Waals surface area (Å²) in [7, 11) is 0. The minimum atomic E-state index is 0.799. The fraction of sp³-hybridized carbons (Fsp3) is 0. The topological polar surface area (TPSA) is 78.3 Å². The fourth-order valence-electron chi connectivity index (χ4n) is 11.9. The molecule has 6 heterocycles. The molecule has 0 fully saturated rings. The van der Waals surface area contributed by atoms with Gasteiger partial charge in [0.1, 0.15) is 55.7 Å². The van der Waals surface area contributed by atoms with E-state index >= 15 is 0 Å². The molecule has 6 nitrogen and oxygen atoms in total. The summed E-state index contributed by atoms with van der Waals surface area (Å²) in [6.07, 6.45) is 0. The Morgan fingerprint density at radius 1 is 0.260 bits per heavy atom. The summed E-state index contributed by atoms with van der Waals surface area (Å²) >= 11 is 1.69. The van der Waals surface area contributed by atoms with Crippen molar-refractivity contribution in [2.24, 2.45) is 0 Å². The zero-order valence-electron chi connectivity index (χ0n) is 38.6. The molecule has 7 heteroatoms. The van der Waals surface area contributed by atoms with Crippen molar-refractivity contribution in [3.05, 3.63) is 206 Å². The average Bonchev–Trinajstić information content (AvgIpc) is 4.29. The van der Waals surface area contributed by atoms with Gasteiger partial charge in [-0.05, 0) is 93.7 Å². The van der Waals surface area contributed by atoms with Gasteiger partial charge in [0.25, 0.3) is 0 Å². The molecule has 338 valence electrons. The van der Waals surface area contributed by atoms with Crippen LogP contribution in [0.25, 0.3) is 175 Å². The van der Waals surface area contributed by atoms with Crippen LogP contribution in [-0.2, 0) is 0 Å². The Kier molecular flexibility index (Phi) is 7.79. The quantitative estimate of drug-likeness (QED) is 0.164. The monoisotopic (exact) mass is 950 g/mol. The van der Waals surface area contributed by atoms with E-state index in [1.165, 1.54) is 0 Å². The van der Waals surface area contributed by atoms with E-state index in [0.29, 0.717) is 0 Å². The van der Waals surface area contributed by atoms with E-state index in [1.54, 1.807) is 11.3 Å². The molecule has 17 aromatic rings. The third-order valence-electron chi connectivity index (χ3n) is 15.1. The SMILES string of the molecule is c1ccc2c(c1)oc1c(-c3sc(-c4cccc5c4oc4ccccc45)c4nc5c6cc(-c7cccc8oc9ccccc9c78)ccc6c6ccc(-c7cccc8oc9ccccc9c78)cc6c5nc34)cccc12. The number of para-hydroxylation sites is 6. The van der Waals surface area contributed by atoms with E-state index in [0.717, 1.165) is 175 Å². The van der Waals surface area contributed by atoms with Crippen LogP contribution >= 0.6 is 11.3 Å². The van der Waals surface area contributed by atoms with Crippen LogP contribution in [-0.4, -0.2) is 9.97 Å². The molecule has 0 spiro atoms. The minimum absolute atomic E-state index is 0.799. The van der Waals surface area contributed by atoms with E-state index in [4.69, 9.17) is 27.6 Å². The van der Waals surface area contributed by atoms with Crippen molar-refractivity contribution in [3.8, 4) is 43.1 Å². The van der Waals surface area contributed by atoms with E-state index in [1.807, 2.05) is 48.5 Å². The largest absolute Gasteiger partial charge is 0.456 e. The maximum absolute atomic E-state index is 6.78. The zero-order chi connectivity index (χ0) is 47.5. The second-order valence-corrected chi connectivity index (χ2v) is 20.0. The fourth-order valence-corrected chi connectivity index (χ4v) is 13.1. The lowest BCUT2D eigenvalue weighted by atomic mass is 9.91. The number of nitrogens with zero attached hydrogens (tertiary/aromatic N) is 2. The Morgan fingerprint density at radius 2 is 0.630 bits per heavy atom. The third kappa shape index (κ3) is 5.46. The standard InChI is InChI=1S/C66H34N2O4S/c1-5-23-51-41(13-1)43-19-9-21-47(63(43)71-51)65-61-62(66(73-65)48-22-10-20-44-42-14-2-6-24-52(42)72-64(44)48)68-60-50-34-36(38-18-12-28-56-58(38)46-16-4-8-26-54(46)70-56)30-32-40(50)39-31-29-35(33-49(39)59(60)67-61)37-17-11-27-55-57(37)45-15-3-7-25-53(45)69-55/h1-34H. The molecule has 0 unspecified atom stereocenters. The number of aromatic nitrogens is 2. The van der Waals surface area contributed by atoms with E-state index in [9.17, 15) is 0 Å². The van der Waals surface area contributed by atoms with E-state index in [2.05, 4.69) is 158 Å². The van der Waals surface area contributed by atoms with Gasteiger partial charge in [-0.1, -0.05) is 146 Å². The molecular weight excluding hydrogens is 917 g/mol. The second-order valence-electron chi connectivity index (χ2n) is 19.0. The van der Waals surface area contributed by atoms with Crippen molar-refractivity contribution in [2.45, 2.75) is 0 Å². The van der Waals surface area contributed by atoms with Gasteiger partial charge in [-0.25, -0.2) is 9.97 Å². The Labute approximate surface area is 417 Å². The number of rotatable bonds is 4. The summed E-state index contributed by atoms with van der Waals surface area (Å²) < 4.78 is 26.4. The molecule has 73 heavy (non-hydrogen) atoms. The Hall–Kier alpha value is -9.56. The smallest absolute Gasteiger partial charge is 0.144 e. The second kappa shape index (κ2) is 14.5. The van der Waals surface area contributed by atoms with Crippen molar-refractivity contribution in [1.29, 1.82) is 0 Å². The van der Waals surface area contributed by atoms with E-state index in [-0.39, 0.29) is 0 Å². The maximum Gasteiger partial charge on any atom is 0.144 e. The van der Waals surface area contributed by atoms with Crippen LogP contribution in [0.5, 0.6) is 0 Å². The molecule has 0 radical (unpaired) electrons. The van der Waals surface area contributed by atoms with Crippen LogP contribution in [0.1, 0.15) is 0 Å². The number of hydrogen-bond donors (Lipinski definition) is 0. The van der Waals surface area contributed by atoms with Crippen molar-refractivity contribution in [1.82, 2.24) is 9.97 Å². The number of thiophene rings is 1. The van der Waals surface area contributed by atoms with Gasteiger partial charge in [0.15, 0.2) is 0 Å². The van der Waals surface area contributed by atoms with Gasteiger partial charge in [0.05, 0.1) is 20.8 Å². The van der Waals surface area contributed by atoms with Gasteiger partial charge < -0.3 is 17.7 Å². The van der Waals surface area contributed by atoms with Crippen molar-refractivity contribution >= 4 is 143 Å². The van der Waals surface area contributed by atoms with Gasteiger partial charge in [0.2, 0.25) is 0 Å². The lowest BCUT2D eigenvalue weighted by Crippen LogP contribution is -1.93. The lowest BCUT2D eigenvalue weighted by Gasteiger charge is -2.14. The molecule has 0 aliphatic heterocycles. The Bertz CT molecular complexity index is 4920. The molecule has 0 aliphatic rings. The number of benzene rings is 11. The molecule has 17 rings (SSSR count). The summed E-state index contributed by atoms with van der Waals surface area (Å²) in [5.41, 5.74) is 16.2. The van der Waals surface area contributed by atoms with Gasteiger partial charge >= 0.3 is 0 Å². The highest BCUT2D eigenvalue weighted by Crippen LogP contribution is 2.50. The highest BCUT2D eigenvalue weighted by Gasteiger charge is 2.26. The molecule has 0 N–H and O–H groups in total. The summed E-state index contributed by atoms with van der Waals surface area (Å²) in [6.45, 7) is 0. The van der Waals surface area contributed by atoms with Crippen LogP contribution in [0.15, 0.2) is 224 Å². The van der Waals surface area contributed by atoms with Crippen LogP contribution in [0, 0.1) is 0 Å². The number of fused-ring (bicyclic) bond motifs is 19. The predicted molar refractivity (Wildman–Crippen MR) is 301 cm³/mol. The molecule has 0 atom stereocenters. The normalized spacial score (nSPS) is 12.4. The molecule has 0 amide bonds. The first-order chi connectivity index (χ1) is 36.2. The molecule has 0 bridgehead atoms. The molecule has 0 saturated heterocycles. The first kappa shape index (κ1) is 39.2. The minimum Gasteiger partial charge on any atom is -0.456 e. The Morgan fingerprint density at radius 3 is 1.10 bits per heavy atom. The lowest BCUT2D eigenvalue weighted by molar-refractivity contribution is 0.668. The highest BCUT2D eigenvalue weighted by atomic mass is 32.1. The van der Waals surface area contributed by atoms with Crippen LogP contribution in [0.3, 0.4) is 0 Å². The number of hydrogen-bond acceptors (Lipinski definition) is 7. The first-order valence-electron chi connectivity index (χ1n) is 24.4. The van der Waals surface area contributed by atoms with Crippen LogP contribution in [0.4, 0.5) is 0 Å². The maximum atomic E-state index is 6.78. The van der Waals surface area contributed by atoms with Crippen molar-refractivity contribution < 1.29 is 17.7 Å². The van der Waals surface area contributed by atoms with Crippen molar-refractivity contribution in [3.63, 3.8) is 0 Å². The third-order valence-corrected chi connectivity index (χ3v) is 16.3. The summed E-state index contributed by atoms with van der Waals surface area (Å²) in [6, 6.07) is 72.2. The summed E-state index contributed by atoms with van der Waals surface area (Å²) in [5, 5.41) is 12.8. The first-order valence-corrected chi connectivity index (χ1v) is 25.3. The van der Waals surface area contributed by atoms with Crippen LogP contribution in [0.2, 0.25) is 0 Å².